The van der Waals surface area contributed by atoms with Gasteiger partial charge in [-0.15, -0.1) is 0 Å². The second-order valence-corrected chi connectivity index (χ2v) is 6.66. The van der Waals surface area contributed by atoms with Crippen LogP contribution in [0.5, 0.6) is 0 Å². The van der Waals surface area contributed by atoms with Gasteiger partial charge in [-0.3, -0.25) is 0 Å². The Morgan fingerprint density at radius 1 is 0.684 bits per heavy atom. The average Bonchev–Trinajstić information content (AvgIpc) is 2.37. The van der Waals surface area contributed by atoms with Crippen LogP contribution in [-0.2, 0) is 0 Å². The summed E-state index contributed by atoms with van der Waals surface area (Å²) in [6.07, 6.45) is 15.0. The molecule has 0 aromatic carbocycles. The Labute approximate surface area is 122 Å². The molecular formula is C18H38O. The smallest absolute Gasteiger partial charge is 0.0537 e. The SMILES string of the molecule is CCCCCCCCCC(C)CCCC(C)C(C)O. The first-order chi connectivity index (χ1) is 9.07. The molecule has 1 N–H and O–H groups in total. The lowest BCUT2D eigenvalue weighted by molar-refractivity contribution is 0.127. The van der Waals surface area contributed by atoms with Crippen LogP contribution in [0.1, 0.15) is 98.3 Å². The molecule has 0 rings (SSSR count). The maximum absolute atomic E-state index is 9.45. The van der Waals surface area contributed by atoms with Crippen LogP contribution < -0.4 is 0 Å². The van der Waals surface area contributed by atoms with Gasteiger partial charge in [0.15, 0.2) is 0 Å². The Balaban J connectivity index is 3.28. The summed E-state index contributed by atoms with van der Waals surface area (Å²) in [7, 11) is 0. The molecule has 0 radical (unpaired) electrons. The van der Waals surface area contributed by atoms with E-state index in [1.54, 1.807) is 0 Å². The lowest BCUT2D eigenvalue weighted by Crippen LogP contribution is -2.13. The molecular weight excluding hydrogens is 232 g/mol. The number of rotatable bonds is 13. The van der Waals surface area contributed by atoms with Crippen molar-refractivity contribution < 1.29 is 5.11 Å². The predicted molar refractivity (Wildman–Crippen MR) is 86.5 cm³/mol. The summed E-state index contributed by atoms with van der Waals surface area (Å²) in [6, 6.07) is 0. The fraction of sp³-hybridized carbons (Fsp3) is 1.00. The minimum absolute atomic E-state index is 0.140. The zero-order valence-electron chi connectivity index (χ0n) is 14.0. The first kappa shape index (κ1) is 19.0. The van der Waals surface area contributed by atoms with E-state index in [1.165, 1.54) is 70.6 Å². The third-order valence-electron chi connectivity index (χ3n) is 4.48. The molecule has 0 fully saturated rings. The van der Waals surface area contributed by atoms with Gasteiger partial charge in [-0.05, 0) is 25.2 Å². The van der Waals surface area contributed by atoms with Crippen molar-refractivity contribution in [2.45, 2.75) is 104 Å². The Hall–Kier alpha value is -0.0400. The third-order valence-corrected chi connectivity index (χ3v) is 4.48. The molecule has 0 heterocycles. The molecule has 0 aromatic rings. The van der Waals surface area contributed by atoms with Gasteiger partial charge in [0, 0.05) is 0 Å². The van der Waals surface area contributed by atoms with Crippen molar-refractivity contribution in [2.75, 3.05) is 0 Å². The van der Waals surface area contributed by atoms with Gasteiger partial charge in [-0.1, -0.05) is 85.0 Å². The number of hydrogen-bond donors (Lipinski definition) is 1. The molecule has 0 aliphatic heterocycles. The molecule has 0 aliphatic rings. The van der Waals surface area contributed by atoms with Crippen molar-refractivity contribution >= 4 is 0 Å². The van der Waals surface area contributed by atoms with E-state index in [-0.39, 0.29) is 6.10 Å². The molecule has 0 spiro atoms. The summed E-state index contributed by atoms with van der Waals surface area (Å²) in [5, 5.41) is 9.45. The summed E-state index contributed by atoms with van der Waals surface area (Å²) >= 11 is 0. The maximum Gasteiger partial charge on any atom is 0.0537 e. The van der Waals surface area contributed by atoms with Crippen molar-refractivity contribution in [3.05, 3.63) is 0 Å². The standard InChI is InChI=1S/C18H38O/c1-5-6-7-8-9-10-11-13-16(2)14-12-15-17(3)18(4)19/h16-19H,5-15H2,1-4H3. The summed E-state index contributed by atoms with van der Waals surface area (Å²) in [6.45, 7) is 8.74. The predicted octanol–water partition coefficient (Wildman–Crippen LogP) is 5.95. The van der Waals surface area contributed by atoms with E-state index in [0.29, 0.717) is 5.92 Å². The van der Waals surface area contributed by atoms with Gasteiger partial charge in [0.25, 0.3) is 0 Å². The third kappa shape index (κ3) is 12.7. The van der Waals surface area contributed by atoms with Gasteiger partial charge in [-0.25, -0.2) is 0 Å². The van der Waals surface area contributed by atoms with E-state index < -0.39 is 0 Å². The van der Waals surface area contributed by atoms with Crippen LogP contribution in [0.4, 0.5) is 0 Å². The monoisotopic (exact) mass is 270 g/mol. The summed E-state index contributed by atoms with van der Waals surface area (Å²) < 4.78 is 0. The minimum Gasteiger partial charge on any atom is -0.393 e. The Morgan fingerprint density at radius 3 is 1.79 bits per heavy atom. The number of aliphatic hydroxyl groups excluding tert-OH is 1. The van der Waals surface area contributed by atoms with Gasteiger partial charge in [-0.2, -0.15) is 0 Å². The van der Waals surface area contributed by atoms with Crippen LogP contribution in [0.25, 0.3) is 0 Å². The van der Waals surface area contributed by atoms with Gasteiger partial charge >= 0.3 is 0 Å². The molecule has 19 heavy (non-hydrogen) atoms. The quantitative estimate of drug-likeness (QED) is 0.410. The van der Waals surface area contributed by atoms with E-state index >= 15 is 0 Å². The Morgan fingerprint density at radius 2 is 1.21 bits per heavy atom. The normalized spacial score (nSPS) is 16.3. The molecule has 0 bridgehead atoms. The highest BCUT2D eigenvalue weighted by Crippen LogP contribution is 2.20. The number of aliphatic hydroxyl groups is 1. The molecule has 0 amide bonds. The van der Waals surface area contributed by atoms with Crippen molar-refractivity contribution in [1.82, 2.24) is 0 Å². The lowest BCUT2D eigenvalue weighted by atomic mass is 9.93. The highest BCUT2D eigenvalue weighted by Gasteiger charge is 2.09. The fourth-order valence-corrected chi connectivity index (χ4v) is 2.62. The molecule has 0 saturated heterocycles. The van der Waals surface area contributed by atoms with Crippen LogP contribution in [0, 0.1) is 11.8 Å². The first-order valence-electron chi connectivity index (χ1n) is 8.76. The van der Waals surface area contributed by atoms with Crippen LogP contribution in [-0.4, -0.2) is 11.2 Å². The number of hydrogen-bond acceptors (Lipinski definition) is 1. The second kappa shape index (κ2) is 13.0. The van der Waals surface area contributed by atoms with Crippen molar-refractivity contribution in [3.8, 4) is 0 Å². The highest BCUT2D eigenvalue weighted by molar-refractivity contribution is 4.61. The summed E-state index contributed by atoms with van der Waals surface area (Å²) in [5.74, 6) is 1.34. The molecule has 116 valence electrons. The molecule has 0 saturated carbocycles. The van der Waals surface area contributed by atoms with E-state index in [4.69, 9.17) is 0 Å². The van der Waals surface area contributed by atoms with Crippen LogP contribution in [0.2, 0.25) is 0 Å². The Bertz CT molecular complexity index is 177. The molecule has 3 unspecified atom stereocenters. The zero-order valence-corrected chi connectivity index (χ0v) is 14.0. The molecule has 1 nitrogen and oxygen atoms in total. The second-order valence-electron chi connectivity index (χ2n) is 6.66. The highest BCUT2D eigenvalue weighted by atomic mass is 16.3. The van der Waals surface area contributed by atoms with E-state index in [9.17, 15) is 5.11 Å². The van der Waals surface area contributed by atoms with Crippen molar-refractivity contribution in [2.24, 2.45) is 11.8 Å². The number of unbranched alkanes of at least 4 members (excludes halogenated alkanes) is 6. The van der Waals surface area contributed by atoms with Crippen LogP contribution in [0.15, 0.2) is 0 Å². The van der Waals surface area contributed by atoms with Crippen molar-refractivity contribution in [1.29, 1.82) is 0 Å². The minimum atomic E-state index is -0.140. The summed E-state index contributed by atoms with van der Waals surface area (Å²) in [4.78, 5) is 0. The maximum atomic E-state index is 9.45. The fourth-order valence-electron chi connectivity index (χ4n) is 2.62. The largest absolute Gasteiger partial charge is 0.393 e. The van der Waals surface area contributed by atoms with Crippen molar-refractivity contribution in [3.63, 3.8) is 0 Å². The van der Waals surface area contributed by atoms with Gasteiger partial charge in [0.1, 0.15) is 0 Å². The molecule has 3 atom stereocenters. The molecule has 0 aliphatic carbocycles. The first-order valence-corrected chi connectivity index (χ1v) is 8.76. The van der Waals surface area contributed by atoms with E-state index in [1.807, 2.05) is 6.92 Å². The molecule has 1 heteroatoms. The van der Waals surface area contributed by atoms with Gasteiger partial charge in [0.05, 0.1) is 6.10 Å². The average molecular weight is 271 g/mol. The van der Waals surface area contributed by atoms with Gasteiger partial charge in [0.2, 0.25) is 0 Å². The van der Waals surface area contributed by atoms with Crippen LogP contribution in [0.3, 0.4) is 0 Å². The van der Waals surface area contributed by atoms with Crippen LogP contribution >= 0.6 is 0 Å². The lowest BCUT2D eigenvalue weighted by Gasteiger charge is -2.16. The summed E-state index contributed by atoms with van der Waals surface area (Å²) in [5.41, 5.74) is 0. The van der Waals surface area contributed by atoms with Gasteiger partial charge < -0.3 is 5.11 Å². The molecule has 0 aromatic heterocycles. The Kier molecular flexibility index (Phi) is 12.9. The van der Waals surface area contributed by atoms with E-state index in [0.717, 1.165) is 5.92 Å². The topological polar surface area (TPSA) is 20.2 Å². The zero-order chi connectivity index (χ0) is 14.5. The van der Waals surface area contributed by atoms with E-state index in [2.05, 4.69) is 20.8 Å².